The van der Waals surface area contributed by atoms with Gasteiger partial charge in [-0.2, -0.15) is 0 Å². The van der Waals surface area contributed by atoms with Crippen LogP contribution in [0.25, 0.3) is 11.1 Å². The van der Waals surface area contributed by atoms with Gasteiger partial charge >= 0.3 is 18.0 Å². The number of esters is 1. The SMILES string of the molecule is COc1ccccc1OC(=O)C(CCc1ccccc1)CN(CC(C)C)C(=O)N[C@@](Cc1ccccc1)(Cc1ccc(-c2ccccc2)cc1)C(=O)O. The number of para-hydroxylation sites is 2. The van der Waals surface area contributed by atoms with Crippen LogP contribution >= 0.6 is 0 Å². The van der Waals surface area contributed by atoms with Crippen LogP contribution in [0.4, 0.5) is 4.79 Å². The summed E-state index contributed by atoms with van der Waals surface area (Å²) in [6, 6.07) is 43.2. The largest absolute Gasteiger partial charge is 0.493 e. The molecule has 5 rings (SSSR count). The van der Waals surface area contributed by atoms with Gasteiger partial charge in [0.1, 0.15) is 5.54 Å². The molecule has 0 saturated carbocycles. The van der Waals surface area contributed by atoms with Gasteiger partial charge in [-0.25, -0.2) is 9.59 Å². The lowest BCUT2D eigenvalue weighted by atomic mass is 9.84. The third-order valence-electron chi connectivity index (χ3n) is 9.22. The van der Waals surface area contributed by atoms with Crippen LogP contribution in [-0.4, -0.2) is 53.7 Å². The number of rotatable bonds is 17. The van der Waals surface area contributed by atoms with E-state index in [0.29, 0.717) is 25.1 Å². The summed E-state index contributed by atoms with van der Waals surface area (Å²) in [4.78, 5) is 43.4. The molecule has 274 valence electrons. The fourth-order valence-corrected chi connectivity index (χ4v) is 6.49. The van der Waals surface area contributed by atoms with E-state index in [1.807, 2.05) is 129 Å². The molecule has 5 aromatic rings. The Morgan fingerprint density at radius 3 is 1.74 bits per heavy atom. The average Bonchev–Trinajstić information content (AvgIpc) is 3.17. The second-order valence-corrected chi connectivity index (χ2v) is 13.8. The third-order valence-corrected chi connectivity index (χ3v) is 9.22. The Morgan fingerprint density at radius 1 is 0.660 bits per heavy atom. The van der Waals surface area contributed by atoms with Gasteiger partial charge in [0, 0.05) is 25.9 Å². The second kappa shape index (κ2) is 18.6. The number of hydrogen-bond acceptors (Lipinski definition) is 5. The van der Waals surface area contributed by atoms with E-state index in [0.717, 1.165) is 27.8 Å². The number of urea groups is 1. The van der Waals surface area contributed by atoms with E-state index < -0.39 is 29.4 Å². The lowest BCUT2D eigenvalue weighted by Crippen LogP contribution is -2.61. The minimum absolute atomic E-state index is 0.0254. The first-order valence-corrected chi connectivity index (χ1v) is 18.0. The molecule has 1 unspecified atom stereocenters. The van der Waals surface area contributed by atoms with Crippen molar-refractivity contribution in [3.05, 3.63) is 156 Å². The highest BCUT2D eigenvalue weighted by atomic mass is 16.6. The number of hydrogen-bond donors (Lipinski definition) is 2. The Kier molecular flexibility index (Phi) is 13.4. The highest BCUT2D eigenvalue weighted by Gasteiger charge is 2.42. The van der Waals surface area contributed by atoms with Gasteiger partial charge in [-0.15, -0.1) is 0 Å². The summed E-state index contributed by atoms with van der Waals surface area (Å²) in [5.41, 5.74) is 2.95. The summed E-state index contributed by atoms with van der Waals surface area (Å²) in [6.07, 6.45) is 1.08. The van der Waals surface area contributed by atoms with Gasteiger partial charge in [-0.3, -0.25) is 4.79 Å². The van der Waals surface area contributed by atoms with Gasteiger partial charge in [0.05, 0.1) is 13.0 Å². The van der Waals surface area contributed by atoms with E-state index >= 15 is 0 Å². The summed E-state index contributed by atoms with van der Waals surface area (Å²) < 4.78 is 11.3. The fraction of sp³-hybridized carbons (Fsp3) is 0.267. The van der Waals surface area contributed by atoms with Gasteiger partial charge in [-0.05, 0) is 58.7 Å². The molecule has 0 saturated heterocycles. The maximum atomic E-state index is 14.5. The summed E-state index contributed by atoms with van der Waals surface area (Å²) in [7, 11) is 1.51. The topological polar surface area (TPSA) is 105 Å². The molecule has 0 aliphatic rings. The number of carbonyl (C=O) groups excluding carboxylic acids is 2. The van der Waals surface area contributed by atoms with E-state index in [4.69, 9.17) is 9.47 Å². The first kappa shape index (κ1) is 38.3. The maximum Gasteiger partial charge on any atom is 0.330 e. The summed E-state index contributed by atoms with van der Waals surface area (Å²) in [5, 5.41) is 13.9. The van der Waals surface area contributed by atoms with Crippen molar-refractivity contribution in [3.63, 3.8) is 0 Å². The number of amides is 2. The van der Waals surface area contributed by atoms with Crippen molar-refractivity contribution < 1.29 is 29.0 Å². The number of carboxylic acid groups (broad SMARTS) is 1. The van der Waals surface area contributed by atoms with Crippen LogP contribution in [0.15, 0.2) is 140 Å². The van der Waals surface area contributed by atoms with Gasteiger partial charge < -0.3 is 24.8 Å². The van der Waals surface area contributed by atoms with E-state index in [9.17, 15) is 19.5 Å². The zero-order valence-corrected chi connectivity index (χ0v) is 30.6. The third kappa shape index (κ3) is 10.8. The molecule has 8 nitrogen and oxygen atoms in total. The molecule has 0 bridgehead atoms. The van der Waals surface area contributed by atoms with Crippen LogP contribution in [0, 0.1) is 11.8 Å². The van der Waals surface area contributed by atoms with E-state index in [2.05, 4.69) is 5.32 Å². The number of aliphatic carboxylic acids is 1. The number of carbonyl (C=O) groups is 3. The smallest absolute Gasteiger partial charge is 0.330 e. The first-order chi connectivity index (χ1) is 25.7. The zero-order valence-electron chi connectivity index (χ0n) is 30.6. The molecule has 0 aliphatic heterocycles. The lowest BCUT2D eigenvalue weighted by Gasteiger charge is -2.35. The number of nitrogens with zero attached hydrogens (tertiary/aromatic N) is 1. The summed E-state index contributed by atoms with van der Waals surface area (Å²) in [6.45, 7) is 4.28. The lowest BCUT2D eigenvalue weighted by molar-refractivity contribution is -0.145. The Bertz CT molecular complexity index is 1920. The monoisotopic (exact) mass is 712 g/mol. The van der Waals surface area contributed by atoms with Crippen molar-refractivity contribution in [2.45, 2.75) is 45.1 Å². The molecular formula is C45H48N2O6. The Balaban J connectivity index is 1.45. The minimum atomic E-state index is -1.70. The quantitative estimate of drug-likeness (QED) is 0.0740. The predicted molar refractivity (Wildman–Crippen MR) is 208 cm³/mol. The summed E-state index contributed by atoms with van der Waals surface area (Å²) in [5.74, 6) is -1.64. The van der Waals surface area contributed by atoms with E-state index in [1.54, 1.807) is 29.2 Å². The molecule has 53 heavy (non-hydrogen) atoms. The number of aryl methyl sites for hydroxylation is 1. The Morgan fingerprint density at radius 2 is 1.17 bits per heavy atom. The molecule has 8 heteroatoms. The summed E-state index contributed by atoms with van der Waals surface area (Å²) >= 11 is 0. The fourth-order valence-electron chi connectivity index (χ4n) is 6.49. The van der Waals surface area contributed by atoms with Crippen LogP contribution in [0.3, 0.4) is 0 Å². The number of ether oxygens (including phenoxy) is 2. The number of benzene rings is 5. The van der Waals surface area contributed by atoms with Crippen molar-refractivity contribution in [1.29, 1.82) is 0 Å². The molecule has 5 aromatic carbocycles. The van der Waals surface area contributed by atoms with Crippen molar-refractivity contribution in [2.24, 2.45) is 11.8 Å². The van der Waals surface area contributed by atoms with Gasteiger partial charge in [-0.1, -0.05) is 141 Å². The van der Waals surface area contributed by atoms with Crippen molar-refractivity contribution >= 4 is 18.0 Å². The molecule has 2 N–H and O–H groups in total. The number of nitrogens with one attached hydrogen (secondary N) is 1. The van der Waals surface area contributed by atoms with Gasteiger partial charge in [0.15, 0.2) is 11.5 Å². The normalized spacial score (nSPS) is 12.7. The molecule has 2 atom stereocenters. The van der Waals surface area contributed by atoms with Crippen LogP contribution in [0.1, 0.15) is 37.0 Å². The Labute approximate surface area is 312 Å². The van der Waals surface area contributed by atoms with E-state index in [-0.39, 0.29) is 31.1 Å². The number of methoxy groups -OCH3 is 1. The molecule has 0 spiro atoms. The zero-order chi connectivity index (χ0) is 37.6. The van der Waals surface area contributed by atoms with Gasteiger partial charge in [0.25, 0.3) is 0 Å². The standard InChI is InChI=1S/C45H48N2O6/c1-33(2)31-47(32-39(28-23-34-15-7-4-8-16-34)42(48)53-41-22-14-13-21-40(41)52-3)44(51)46-45(43(49)50,29-35-17-9-5-10-18-35)30-36-24-26-38(27-25-36)37-19-11-6-12-20-37/h4-22,24-27,33,39H,23,28-32H2,1-3H3,(H,46,51)(H,49,50)/t39?,45-/m0/s1. The molecule has 0 radical (unpaired) electrons. The van der Waals surface area contributed by atoms with Crippen LogP contribution in [0.2, 0.25) is 0 Å². The molecular weight excluding hydrogens is 665 g/mol. The Hall–Kier alpha value is -5.89. The molecule has 0 heterocycles. The molecule has 0 aliphatic carbocycles. The van der Waals surface area contributed by atoms with Crippen molar-refractivity contribution in [3.8, 4) is 22.6 Å². The molecule has 0 aromatic heterocycles. The maximum absolute atomic E-state index is 14.5. The van der Waals surface area contributed by atoms with Crippen LogP contribution < -0.4 is 14.8 Å². The van der Waals surface area contributed by atoms with Crippen LogP contribution in [-0.2, 0) is 28.9 Å². The number of carboxylic acids is 1. The van der Waals surface area contributed by atoms with Crippen LogP contribution in [0.5, 0.6) is 11.5 Å². The average molecular weight is 713 g/mol. The highest BCUT2D eigenvalue weighted by Crippen LogP contribution is 2.28. The second-order valence-electron chi connectivity index (χ2n) is 13.8. The first-order valence-electron chi connectivity index (χ1n) is 18.0. The minimum Gasteiger partial charge on any atom is -0.493 e. The highest BCUT2D eigenvalue weighted by molar-refractivity contribution is 5.87. The van der Waals surface area contributed by atoms with Gasteiger partial charge in [0.2, 0.25) is 0 Å². The van der Waals surface area contributed by atoms with Crippen molar-refractivity contribution in [2.75, 3.05) is 20.2 Å². The predicted octanol–water partition coefficient (Wildman–Crippen LogP) is 8.49. The molecule has 2 amide bonds. The van der Waals surface area contributed by atoms with Crippen molar-refractivity contribution in [1.82, 2.24) is 10.2 Å². The molecule has 0 fully saturated rings. The van der Waals surface area contributed by atoms with E-state index in [1.165, 1.54) is 7.11 Å².